The summed E-state index contributed by atoms with van der Waals surface area (Å²) in [6, 6.07) is 9.40. The van der Waals surface area contributed by atoms with Crippen molar-refractivity contribution < 1.29 is 18.3 Å². The van der Waals surface area contributed by atoms with Crippen LogP contribution in [0.5, 0.6) is 0 Å². The van der Waals surface area contributed by atoms with Crippen LogP contribution in [0.1, 0.15) is 17.5 Å². The second-order valence-corrected chi connectivity index (χ2v) is 8.26. The van der Waals surface area contributed by atoms with Gasteiger partial charge in [-0.3, -0.25) is 9.10 Å². The molecule has 0 aromatic heterocycles. The van der Waals surface area contributed by atoms with E-state index in [1.807, 2.05) is 13.0 Å². The van der Waals surface area contributed by atoms with Crippen LogP contribution in [0.3, 0.4) is 0 Å². The minimum Gasteiger partial charge on any atom is -0.481 e. The standard InChI is InChI=1S/C17H17Cl2NO4S/c1-11-3-6-15(12(2)9-11)20(8-7-17(21)22)25(23,24)16-10-13(18)4-5-14(16)19/h3-6,9-10H,7-8H2,1-2H3,(H,21,22). The van der Waals surface area contributed by atoms with Gasteiger partial charge < -0.3 is 5.11 Å². The molecule has 1 N–H and O–H groups in total. The van der Waals surface area contributed by atoms with Crippen molar-refractivity contribution in [1.82, 2.24) is 0 Å². The van der Waals surface area contributed by atoms with Gasteiger partial charge in [0.2, 0.25) is 0 Å². The van der Waals surface area contributed by atoms with Crippen LogP contribution in [0, 0.1) is 13.8 Å². The summed E-state index contributed by atoms with van der Waals surface area (Å²) in [5.41, 5.74) is 2.09. The van der Waals surface area contributed by atoms with Crippen molar-refractivity contribution in [1.29, 1.82) is 0 Å². The van der Waals surface area contributed by atoms with Gasteiger partial charge in [-0.05, 0) is 43.7 Å². The van der Waals surface area contributed by atoms with E-state index < -0.39 is 16.0 Å². The molecule has 0 saturated heterocycles. The largest absolute Gasteiger partial charge is 0.481 e. The predicted molar refractivity (Wildman–Crippen MR) is 99.2 cm³/mol. The number of hydrogen-bond donors (Lipinski definition) is 1. The quantitative estimate of drug-likeness (QED) is 0.783. The van der Waals surface area contributed by atoms with Gasteiger partial charge in [0.25, 0.3) is 10.0 Å². The fourth-order valence-corrected chi connectivity index (χ4v) is 4.72. The minimum absolute atomic E-state index is 0.0227. The summed E-state index contributed by atoms with van der Waals surface area (Å²) >= 11 is 12.0. The first kappa shape index (κ1) is 19.6. The Bertz CT molecular complexity index is 913. The Kier molecular flexibility index (Phi) is 5.98. The summed E-state index contributed by atoms with van der Waals surface area (Å²) in [6.45, 7) is 3.44. The Morgan fingerprint density at radius 1 is 1.12 bits per heavy atom. The van der Waals surface area contributed by atoms with E-state index in [-0.39, 0.29) is 27.9 Å². The molecule has 134 valence electrons. The number of nitrogens with zero attached hydrogens (tertiary/aromatic N) is 1. The van der Waals surface area contributed by atoms with Gasteiger partial charge in [0, 0.05) is 11.6 Å². The predicted octanol–water partition coefficient (Wildman–Crippen LogP) is 4.28. The lowest BCUT2D eigenvalue weighted by molar-refractivity contribution is -0.136. The second kappa shape index (κ2) is 7.64. The molecule has 0 spiro atoms. The van der Waals surface area contributed by atoms with E-state index in [9.17, 15) is 13.2 Å². The van der Waals surface area contributed by atoms with Crippen LogP contribution in [0.4, 0.5) is 5.69 Å². The summed E-state index contributed by atoms with van der Waals surface area (Å²) in [7, 11) is -4.08. The molecule has 0 atom stereocenters. The number of halogens is 2. The SMILES string of the molecule is Cc1ccc(N(CCC(=O)O)S(=O)(=O)c2cc(Cl)ccc2Cl)c(C)c1. The Labute approximate surface area is 156 Å². The molecule has 0 unspecified atom stereocenters. The van der Waals surface area contributed by atoms with Crippen molar-refractivity contribution in [2.45, 2.75) is 25.2 Å². The summed E-state index contributed by atoms with van der Waals surface area (Å²) in [6.07, 6.45) is -0.343. The Balaban J connectivity index is 2.61. The van der Waals surface area contributed by atoms with Crippen molar-refractivity contribution in [3.05, 3.63) is 57.6 Å². The molecule has 8 heteroatoms. The molecule has 0 amide bonds. The number of carbonyl (C=O) groups is 1. The van der Waals surface area contributed by atoms with Crippen molar-refractivity contribution in [3.63, 3.8) is 0 Å². The summed E-state index contributed by atoms with van der Waals surface area (Å²) in [5.74, 6) is -1.10. The number of carboxylic acids is 1. The highest BCUT2D eigenvalue weighted by Crippen LogP contribution is 2.32. The highest BCUT2D eigenvalue weighted by atomic mass is 35.5. The van der Waals surface area contributed by atoms with Gasteiger partial charge in [0.05, 0.1) is 17.1 Å². The number of benzene rings is 2. The van der Waals surface area contributed by atoms with E-state index >= 15 is 0 Å². The molecule has 0 bridgehead atoms. The van der Waals surface area contributed by atoms with Gasteiger partial charge in [-0.25, -0.2) is 8.42 Å². The molecule has 2 aromatic rings. The molecular formula is C17H17Cl2NO4S. The number of anilines is 1. The van der Waals surface area contributed by atoms with Crippen LogP contribution >= 0.6 is 23.2 Å². The molecular weight excluding hydrogens is 385 g/mol. The summed E-state index contributed by atoms with van der Waals surface area (Å²) < 4.78 is 27.4. The maximum atomic E-state index is 13.1. The first-order valence-corrected chi connectivity index (χ1v) is 9.59. The third-order valence-corrected chi connectivity index (χ3v) is 6.14. The monoisotopic (exact) mass is 401 g/mol. The van der Waals surface area contributed by atoms with Crippen LogP contribution in [-0.4, -0.2) is 26.0 Å². The van der Waals surface area contributed by atoms with Gasteiger partial charge in [-0.1, -0.05) is 40.9 Å². The average molecular weight is 402 g/mol. The molecule has 2 rings (SSSR count). The van der Waals surface area contributed by atoms with Gasteiger partial charge in [0.1, 0.15) is 4.90 Å². The Hall–Kier alpha value is -1.76. The molecule has 0 aliphatic carbocycles. The highest BCUT2D eigenvalue weighted by Gasteiger charge is 2.29. The minimum atomic E-state index is -4.08. The fraction of sp³-hybridized carbons (Fsp3) is 0.235. The van der Waals surface area contributed by atoms with E-state index in [0.29, 0.717) is 11.3 Å². The topological polar surface area (TPSA) is 74.7 Å². The van der Waals surface area contributed by atoms with Crippen LogP contribution in [-0.2, 0) is 14.8 Å². The van der Waals surface area contributed by atoms with E-state index in [1.165, 1.54) is 18.2 Å². The number of rotatable bonds is 6. The zero-order valence-electron chi connectivity index (χ0n) is 13.7. The Morgan fingerprint density at radius 3 is 2.40 bits per heavy atom. The van der Waals surface area contributed by atoms with Gasteiger partial charge >= 0.3 is 5.97 Å². The fourth-order valence-electron chi connectivity index (χ4n) is 2.45. The zero-order chi connectivity index (χ0) is 18.8. The van der Waals surface area contributed by atoms with Crippen molar-refractivity contribution in [2.24, 2.45) is 0 Å². The molecule has 2 aromatic carbocycles. The molecule has 0 aliphatic heterocycles. The van der Waals surface area contributed by atoms with E-state index in [1.54, 1.807) is 19.1 Å². The lowest BCUT2D eigenvalue weighted by Crippen LogP contribution is -2.34. The van der Waals surface area contributed by atoms with Gasteiger partial charge in [-0.15, -0.1) is 0 Å². The Morgan fingerprint density at radius 2 is 1.80 bits per heavy atom. The maximum absolute atomic E-state index is 13.1. The van der Waals surface area contributed by atoms with Crippen LogP contribution in [0.15, 0.2) is 41.3 Å². The van der Waals surface area contributed by atoms with Crippen molar-refractivity contribution in [2.75, 3.05) is 10.8 Å². The van der Waals surface area contributed by atoms with Gasteiger partial charge in [0.15, 0.2) is 0 Å². The normalized spacial score (nSPS) is 11.4. The molecule has 0 saturated carbocycles. The van der Waals surface area contributed by atoms with Crippen LogP contribution in [0.25, 0.3) is 0 Å². The second-order valence-electron chi connectivity index (χ2n) is 5.59. The first-order valence-electron chi connectivity index (χ1n) is 7.40. The number of carboxylic acid groups (broad SMARTS) is 1. The number of aliphatic carboxylic acids is 1. The zero-order valence-corrected chi connectivity index (χ0v) is 16.0. The van der Waals surface area contributed by atoms with Crippen molar-refractivity contribution >= 4 is 44.9 Å². The number of sulfonamides is 1. The molecule has 5 nitrogen and oxygen atoms in total. The van der Waals surface area contributed by atoms with Crippen LogP contribution in [0.2, 0.25) is 10.0 Å². The average Bonchev–Trinajstić information content (AvgIpc) is 2.51. The van der Waals surface area contributed by atoms with Crippen molar-refractivity contribution in [3.8, 4) is 0 Å². The number of hydrogen-bond acceptors (Lipinski definition) is 3. The summed E-state index contributed by atoms with van der Waals surface area (Å²) in [5, 5.41) is 9.24. The van der Waals surface area contributed by atoms with E-state index in [0.717, 1.165) is 9.87 Å². The molecule has 0 heterocycles. The molecule has 25 heavy (non-hydrogen) atoms. The molecule has 0 aliphatic rings. The third kappa shape index (κ3) is 4.45. The van der Waals surface area contributed by atoms with E-state index in [4.69, 9.17) is 28.3 Å². The lowest BCUT2D eigenvalue weighted by atomic mass is 10.1. The molecule has 0 fully saturated rings. The van der Waals surface area contributed by atoms with E-state index in [2.05, 4.69) is 0 Å². The highest BCUT2D eigenvalue weighted by molar-refractivity contribution is 7.93. The lowest BCUT2D eigenvalue weighted by Gasteiger charge is -2.26. The number of aryl methyl sites for hydroxylation is 2. The van der Waals surface area contributed by atoms with Gasteiger partial charge in [-0.2, -0.15) is 0 Å². The third-order valence-electron chi connectivity index (χ3n) is 3.61. The molecule has 0 radical (unpaired) electrons. The smallest absolute Gasteiger partial charge is 0.305 e. The van der Waals surface area contributed by atoms with Crippen LogP contribution < -0.4 is 4.31 Å². The first-order chi connectivity index (χ1) is 11.6. The summed E-state index contributed by atoms with van der Waals surface area (Å²) in [4.78, 5) is 10.8. The maximum Gasteiger partial charge on any atom is 0.305 e.